The van der Waals surface area contributed by atoms with E-state index in [2.05, 4.69) is 10.4 Å². The molecular formula is C11H11N3OS. The van der Waals surface area contributed by atoms with E-state index in [0.29, 0.717) is 4.88 Å². The zero-order valence-corrected chi connectivity index (χ0v) is 9.54. The first-order valence-corrected chi connectivity index (χ1v) is 5.56. The number of amides is 1. The van der Waals surface area contributed by atoms with Crippen LogP contribution in [-0.4, -0.2) is 10.9 Å². The van der Waals surface area contributed by atoms with Crippen molar-refractivity contribution in [3.05, 3.63) is 40.9 Å². The molecule has 1 aromatic heterocycles. The molecule has 0 saturated heterocycles. The predicted molar refractivity (Wildman–Crippen MR) is 63.9 cm³/mol. The van der Waals surface area contributed by atoms with Gasteiger partial charge in [-0.2, -0.15) is 0 Å². The average Bonchev–Trinajstić information content (AvgIpc) is 2.77. The summed E-state index contributed by atoms with van der Waals surface area (Å²) in [6, 6.07) is 7.98. The molecule has 2 rings (SSSR count). The van der Waals surface area contributed by atoms with Crippen LogP contribution < -0.4 is 11.3 Å². The highest BCUT2D eigenvalue weighted by Gasteiger charge is 2.10. The molecule has 0 fully saturated rings. The van der Waals surface area contributed by atoms with Crippen molar-refractivity contribution in [1.29, 1.82) is 0 Å². The topological polar surface area (TPSA) is 68.0 Å². The van der Waals surface area contributed by atoms with Crippen molar-refractivity contribution in [2.75, 3.05) is 0 Å². The van der Waals surface area contributed by atoms with Gasteiger partial charge in [-0.15, -0.1) is 11.3 Å². The van der Waals surface area contributed by atoms with Crippen LogP contribution in [0.1, 0.15) is 15.2 Å². The van der Waals surface area contributed by atoms with Crippen molar-refractivity contribution in [2.24, 2.45) is 5.84 Å². The second kappa shape index (κ2) is 4.42. The smallest absolute Gasteiger partial charge is 0.276 e. The summed E-state index contributed by atoms with van der Waals surface area (Å²) in [5.74, 6) is 4.75. The van der Waals surface area contributed by atoms with Gasteiger partial charge in [0.25, 0.3) is 5.91 Å². The van der Waals surface area contributed by atoms with Gasteiger partial charge in [0.2, 0.25) is 0 Å². The maximum atomic E-state index is 11.3. The van der Waals surface area contributed by atoms with Gasteiger partial charge in [0.05, 0.1) is 6.20 Å². The number of carbonyl (C=O) groups excluding carboxylic acids is 1. The Morgan fingerprint density at radius 3 is 3.00 bits per heavy atom. The fourth-order valence-corrected chi connectivity index (χ4v) is 2.18. The van der Waals surface area contributed by atoms with Gasteiger partial charge in [-0.3, -0.25) is 10.2 Å². The van der Waals surface area contributed by atoms with Crippen LogP contribution in [0.3, 0.4) is 0 Å². The zero-order valence-electron chi connectivity index (χ0n) is 8.73. The largest absolute Gasteiger partial charge is 0.289 e. The van der Waals surface area contributed by atoms with Gasteiger partial charge >= 0.3 is 0 Å². The lowest BCUT2D eigenvalue weighted by atomic mass is 10.1. The van der Waals surface area contributed by atoms with Crippen LogP contribution in [0.25, 0.3) is 10.6 Å². The van der Waals surface area contributed by atoms with Crippen molar-refractivity contribution in [3.63, 3.8) is 0 Å². The van der Waals surface area contributed by atoms with Crippen LogP contribution >= 0.6 is 11.3 Å². The van der Waals surface area contributed by atoms with Crippen LogP contribution in [0, 0.1) is 6.92 Å². The van der Waals surface area contributed by atoms with E-state index in [9.17, 15) is 4.79 Å². The number of nitrogen functional groups attached to an aromatic ring is 1. The Bertz CT molecular complexity index is 521. The summed E-state index contributed by atoms with van der Waals surface area (Å²) in [6.07, 6.45) is 1.53. The first-order valence-electron chi connectivity index (χ1n) is 4.74. The fourth-order valence-electron chi connectivity index (χ4n) is 1.36. The highest BCUT2D eigenvalue weighted by atomic mass is 32.1. The predicted octanol–water partition coefficient (Wildman–Crippen LogP) is 1.72. The Labute approximate surface area is 97.1 Å². The number of carbonyl (C=O) groups is 1. The second-order valence-electron chi connectivity index (χ2n) is 3.37. The molecule has 0 radical (unpaired) electrons. The monoisotopic (exact) mass is 233 g/mol. The quantitative estimate of drug-likeness (QED) is 0.471. The number of nitrogens with one attached hydrogen (secondary N) is 1. The first-order chi connectivity index (χ1) is 7.70. The minimum absolute atomic E-state index is 0.309. The lowest BCUT2D eigenvalue weighted by Crippen LogP contribution is -2.29. The Morgan fingerprint density at radius 2 is 2.31 bits per heavy atom. The molecule has 0 aliphatic heterocycles. The number of nitrogens with zero attached hydrogens (tertiary/aromatic N) is 1. The molecule has 0 bridgehead atoms. The molecule has 0 unspecified atom stereocenters. The molecule has 1 amide bonds. The molecule has 5 heteroatoms. The van der Waals surface area contributed by atoms with Gasteiger partial charge in [-0.1, -0.05) is 23.8 Å². The molecule has 0 spiro atoms. The summed E-state index contributed by atoms with van der Waals surface area (Å²) < 4.78 is 0. The number of aromatic nitrogens is 1. The summed E-state index contributed by atoms with van der Waals surface area (Å²) in [6.45, 7) is 2.02. The minimum Gasteiger partial charge on any atom is -0.289 e. The number of benzene rings is 1. The van der Waals surface area contributed by atoms with Crippen LogP contribution in [0.15, 0.2) is 30.5 Å². The molecule has 0 aliphatic rings. The van der Waals surface area contributed by atoms with E-state index >= 15 is 0 Å². The summed E-state index contributed by atoms with van der Waals surface area (Å²) in [4.78, 5) is 16.0. The number of hydrogen-bond acceptors (Lipinski definition) is 4. The number of rotatable bonds is 2. The van der Waals surface area contributed by atoms with Crippen molar-refractivity contribution in [1.82, 2.24) is 10.4 Å². The average molecular weight is 233 g/mol. The van der Waals surface area contributed by atoms with Crippen molar-refractivity contribution < 1.29 is 4.79 Å². The summed E-state index contributed by atoms with van der Waals surface area (Å²) in [5, 5.41) is 0.822. The number of thiazole rings is 1. The summed E-state index contributed by atoms with van der Waals surface area (Å²) in [7, 11) is 0. The lowest BCUT2D eigenvalue weighted by molar-refractivity contribution is 0.0957. The number of aryl methyl sites for hydroxylation is 1. The highest BCUT2D eigenvalue weighted by Crippen LogP contribution is 2.25. The molecule has 1 aromatic carbocycles. The Kier molecular flexibility index (Phi) is 2.98. The van der Waals surface area contributed by atoms with E-state index in [-0.39, 0.29) is 5.91 Å². The van der Waals surface area contributed by atoms with Crippen LogP contribution in [0.2, 0.25) is 0 Å². The first kappa shape index (κ1) is 10.8. The molecule has 4 nitrogen and oxygen atoms in total. The van der Waals surface area contributed by atoms with E-state index in [0.717, 1.165) is 16.1 Å². The third kappa shape index (κ3) is 2.10. The second-order valence-corrected chi connectivity index (χ2v) is 4.40. The lowest BCUT2D eigenvalue weighted by Gasteiger charge is -1.97. The van der Waals surface area contributed by atoms with Crippen molar-refractivity contribution in [2.45, 2.75) is 6.92 Å². The van der Waals surface area contributed by atoms with Crippen LogP contribution in [0.5, 0.6) is 0 Å². The van der Waals surface area contributed by atoms with E-state index in [4.69, 9.17) is 5.84 Å². The van der Waals surface area contributed by atoms with E-state index in [1.165, 1.54) is 17.5 Å². The highest BCUT2D eigenvalue weighted by molar-refractivity contribution is 7.16. The minimum atomic E-state index is -0.309. The van der Waals surface area contributed by atoms with Gasteiger partial charge in [0.1, 0.15) is 9.88 Å². The Morgan fingerprint density at radius 1 is 1.50 bits per heavy atom. The van der Waals surface area contributed by atoms with E-state index in [1.54, 1.807) is 0 Å². The van der Waals surface area contributed by atoms with Gasteiger partial charge < -0.3 is 0 Å². The molecule has 3 N–H and O–H groups in total. The van der Waals surface area contributed by atoms with Crippen molar-refractivity contribution in [3.8, 4) is 10.6 Å². The van der Waals surface area contributed by atoms with Gasteiger partial charge in [-0.25, -0.2) is 10.8 Å². The third-order valence-corrected chi connectivity index (χ3v) is 3.17. The number of nitrogens with two attached hydrogens (primary N) is 1. The normalized spacial score (nSPS) is 10.1. The molecular weight excluding hydrogens is 222 g/mol. The molecule has 16 heavy (non-hydrogen) atoms. The van der Waals surface area contributed by atoms with E-state index in [1.807, 2.05) is 31.2 Å². The summed E-state index contributed by atoms with van der Waals surface area (Å²) >= 11 is 1.32. The maximum absolute atomic E-state index is 11.3. The number of hydrazine groups is 1. The Balaban J connectivity index is 2.35. The Hall–Kier alpha value is -1.72. The third-order valence-electron chi connectivity index (χ3n) is 2.13. The molecule has 0 aliphatic carbocycles. The molecule has 82 valence electrons. The van der Waals surface area contributed by atoms with Gasteiger partial charge in [0, 0.05) is 5.56 Å². The molecule has 1 heterocycles. The summed E-state index contributed by atoms with van der Waals surface area (Å²) in [5.41, 5.74) is 4.27. The van der Waals surface area contributed by atoms with E-state index < -0.39 is 0 Å². The molecule has 2 aromatic rings. The van der Waals surface area contributed by atoms with Gasteiger partial charge in [0.15, 0.2) is 0 Å². The zero-order chi connectivity index (χ0) is 11.5. The standard InChI is InChI=1S/C11H11N3OS/c1-7-3-2-4-8(5-7)11-13-6-9(16-11)10(15)14-12/h2-6H,12H2,1H3,(H,14,15). The number of hydrogen-bond donors (Lipinski definition) is 2. The SMILES string of the molecule is Cc1cccc(-c2ncc(C(=O)NN)s2)c1. The van der Waals surface area contributed by atoms with Crippen LogP contribution in [0.4, 0.5) is 0 Å². The van der Waals surface area contributed by atoms with Crippen LogP contribution in [-0.2, 0) is 0 Å². The van der Waals surface area contributed by atoms with Crippen molar-refractivity contribution >= 4 is 17.2 Å². The maximum Gasteiger partial charge on any atom is 0.276 e. The molecule has 0 saturated carbocycles. The molecule has 0 atom stereocenters. The fraction of sp³-hybridized carbons (Fsp3) is 0.0909. The van der Waals surface area contributed by atoms with Gasteiger partial charge in [-0.05, 0) is 13.0 Å².